The van der Waals surface area contributed by atoms with Crippen molar-refractivity contribution in [1.82, 2.24) is 0 Å². The van der Waals surface area contributed by atoms with Crippen molar-refractivity contribution in [3.8, 4) is 5.75 Å². The van der Waals surface area contributed by atoms with Crippen LogP contribution in [-0.4, -0.2) is 0 Å². The van der Waals surface area contributed by atoms with Gasteiger partial charge in [0.25, 0.3) is 0 Å². The number of halogens is 2. The Morgan fingerprint density at radius 3 is 2.20 bits per heavy atom. The van der Waals surface area contributed by atoms with Gasteiger partial charge in [-0.3, -0.25) is 0 Å². The molecule has 1 nitrogen and oxygen atoms in total. The molecule has 0 unspecified atom stereocenters. The summed E-state index contributed by atoms with van der Waals surface area (Å²) < 4.78 is 5.85. The minimum absolute atomic E-state index is 0.455. The Labute approximate surface area is 130 Å². The number of benzene rings is 2. The van der Waals surface area contributed by atoms with Crippen LogP contribution in [0.3, 0.4) is 0 Å². The Balaban J connectivity index is 2.17. The van der Waals surface area contributed by atoms with E-state index < -0.39 is 0 Å². The Morgan fingerprint density at radius 2 is 1.65 bits per heavy atom. The van der Waals surface area contributed by atoms with E-state index in [-0.39, 0.29) is 0 Å². The average Bonchev–Trinajstić information content (AvgIpc) is 2.39. The largest absolute Gasteiger partial charge is 0.487 e. The van der Waals surface area contributed by atoms with Crippen LogP contribution in [0.5, 0.6) is 5.75 Å². The number of alkyl halides is 1. The molecule has 0 heterocycles. The van der Waals surface area contributed by atoms with E-state index in [9.17, 15) is 0 Å². The number of ether oxygens (including phenoxy) is 1. The normalized spacial score (nSPS) is 10.7. The average molecular weight is 309 g/mol. The molecule has 0 saturated carbocycles. The molecule has 0 fully saturated rings. The Morgan fingerprint density at radius 1 is 1.00 bits per heavy atom. The highest BCUT2D eigenvalue weighted by molar-refractivity contribution is 6.32. The zero-order valence-corrected chi connectivity index (χ0v) is 13.5. The van der Waals surface area contributed by atoms with Crippen LogP contribution in [0.2, 0.25) is 5.02 Å². The topological polar surface area (TPSA) is 9.23 Å². The Bertz CT molecular complexity index is 597. The first-order chi connectivity index (χ1) is 9.51. The number of rotatable bonds is 4. The second kappa shape index (κ2) is 6.51. The SMILES string of the molecule is Cc1cc(C)c(COc2ccc(CCl)cc2Cl)c(C)c1. The third-order valence-electron chi connectivity index (χ3n) is 3.36. The summed E-state index contributed by atoms with van der Waals surface area (Å²) in [7, 11) is 0. The second-order valence-electron chi connectivity index (χ2n) is 5.06. The molecule has 0 aromatic heterocycles. The standard InChI is InChI=1S/C17H18Cl2O/c1-11-6-12(2)15(13(3)7-11)10-20-17-5-4-14(9-18)8-16(17)19/h4-8H,9-10H2,1-3H3. The van der Waals surface area contributed by atoms with Crippen LogP contribution in [0.1, 0.15) is 27.8 Å². The fourth-order valence-electron chi connectivity index (χ4n) is 2.33. The van der Waals surface area contributed by atoms with Crippen molar-refractivity contribution in [2.24, 2.45) is 0 Å². The molecule has 0 aliphatic heterocycles. The van der Waals surface area contributed by atoms with Gasteiger partial charge in [0.05, 0.1) is 5.02 Å². The van der Waals surface area contributed by atoms with E-state index in [1.54, 1.807) is 0 Å². The van der Waals surface area contributed by atoms with E-state index >= 15 is 0 Å². The maximum atomic E-state index is 6.20. The minimum Gasteiger partial charge on any atom is -0.487 e. The molecule has 20 heavy (non-hydrogen) atoms. The number of hydrogen-bond acceptors (Lipinski definition) is 1. The first kappa shape index (κ1) is 15.2. The molecule has 106 valence electrons. The van der Waals surface area contributed by atoms with Crippen molar-refractivity contribution >= 4 is 23.2 Å². The summed E-state index contributed by atoms with van der Waals surface area (Å²) in [4.78, 5) is 0. The molecule has 0 N–H and O–H groups in total. The predicted octanol–water partition coefficient (Wildman–Crippen LogP) is 5.58. The van der Waals surface area contributed by atoms with Gasteiger partial charge < -0.3 is 4.74 Å². The van der Waals surface area contributed by atoms with Crippen LogP contribution < -0.4 is 4.74 Å². The van der Waals surface area contributed by atoms with Gasteiger partial charge in [0, 0.05) is 5.88 Å². The van der Waals surface area contributed by atoms with Crippen LogP contribution >= 0.6 is 23.2 Å². The molecule has 3 heteroatoms. The lowest BCUT2D eigenvalue weighted by molar-refractivity contribution is 0.304. The highest BCUT2D eigenvalue weighted by Gasteiger charge is 2.07. The predicted molar refractivity (Wildman–Crippen MR) is 86.0 cm³/mol. The van der Waals surface area contributed by atoms with Crippen molar-refractivity contribution in [2.45, 2.75) is 33.3 Å². The van der Waals surface area contributed by atoms with Gasteiger partial charge in [0.1, 0.15) is 12.4 Å². The van der Waals surface area contributed by atoms with E-state index in [2.05, 4.69) is 32.9 Å². The molecule has 2 aromatic carbocycles. The van der Waals surface area contributed by atoms with Crippen molar-refractivity contribution in [2.75, 3.05) is 0 Å². The van der Waals surface area contributed by atoms with Crippen molar-refractivity contribution < 1.29 is 4.74 Å². The van der Waals surface area contributed by atoms with E-state index in [0.29, 0.717) is 23.3 Å². The quantitative estimate of drug-likeness (QED) is 0.670. The van der Waals surface area contributed by atoms with E-state index in [1.165, 1.54) is 22.3 Å². The Kier molecular flexibility index (Phi) is 4.95. The molecule has 0 amide bonds. The lowest BCUT2D eigenvalue weighted by Gasteiger charge is -2.14. The highest BCUT2D eigenvalue weighted by atomic mass is 35.5. The zero-order valence-electron chi connectivity index (χ0n) is 12.0. The first-order valence-electron chi connectivity index (χ1n) is 6.55. The summed E-state index contributed by atoms with van der Waals surface area (Å²) in [5.74, 6) is 1.15. The van der Waals surface area contributed by atoms with Gasteiger partial charge in [-0.1, -0.05) is 35.4 Å². The Hall–Kier alpha value is -1.18. The molecule has 2 rings (SSSR count). The van der Waals surface area contributed by atoms with Gasteiger partial charge in [0.15, 0.2) is 0 Å². The fourth-order valence-corrected chi connectivity index (χ4v) is 2.76. The second-order valence-corrected chi connectivity index (χ2v) is 5.74. The molecule has 2 aromatic rings. The third-order valence-corrected chi connectivity index (χ3v) is 3.97. The molecule has 0 bridgehead atoms. The van der Waals surface area contributed by atoms with E-state index in [1.807, 2.05) is 18.2 Å². The summed E-state index contributed by atoms with van der Waals surface area (Å²) >= 11 is 12.0. The van der Waals surface area contributed by atoms with Crippen molar-refractivity contribution in [1.29, 1.82) is 0 Å². The monoisotopic (exact) mass is 308 g/mol. The lowest BCUT2D eigenvalue weighted by Crippen LogP contribution is -2.02. The molecule has 0 radical (unpaired) electrons. The summed E-state index contributed by atoms with van der Waals surface area (Å²) in [5, 5.41) is 0.602. The summed E-state index contributed by atoms with van der Waals surface area (Å²) in [6, 6.07) is 9.99. The molecule has 0 aliphatic rings. The van der Waals surface area contributed by atoms with Crippen LogP contribution in [0, 0.1) is 20.8 Å². The van der Waals surface area contributed by atoms with Gasteiger partial charge in [-0.05, 0) is 55.2 Å². The van der Waals surface area contributed by atoms with Gasteiger partial charge in [0.2, 0.25) is 0 Å². The number of aryl methyl sites for hydroxylation is 3. The molecule has 0 atom stereocenters. The molecular formula is C17H18Cl2O. The minimum atomic E-state index is 0.455. The summed E-state index contributed by atoms with van der Waals surface area (Å²) in [6.07, 6.45) is 0. The van der Waals surface area contributed by atoms with Crippen molar-refractivity contribution in [3.63, 3.8) is 0 Å². The van der Waals surface area contributed by atoms with Crippen LogP contribution in [0.25, 0.3) is 0 Å². The molecular weight excluding hydrogens is 291 g/mol. The maximum absolute atomic E-state index is 6.20. The van der Waals surface area contributed by atoms with E-state index in [4.69, 9.17) is 27.9 Å². The van der Waals surface area contributed by atoms with E-state index in [0.717, 1.165) is 5.56 Å². The van der Waals surface area contributed by atoms with Crippen LogP contribution in [0.4, 0.5) is 0 Å². The summed E-state index contributed by atoms with van der Waals surface area (Å²) in [5.41, 5.74) is 5.97. The molecule has 0 aliphatic carbocycles. The van der Waals surface area contributed by atoms with Crippen molar-refractivity contribution in [3.05, 3.63) is 63.2 Å². The van der Waals surface area contributed by atoms with Gasteiger partial charge >= 0.3 is 0 Å². The summed E-state index contributed by atoms with van der Waals surface area (Å²) in [6.45, 7) is 6.85. The molecule has 0 saturated heterocycles. The van der Waals surface area contributed by atoms with Crippen LogP contribution in [-0.2, 0) is 12.5 Å². The molecule has 0 spiro atoms. The number of hydrogen-bond donors (Lipinski definition) is 0. The maximum Gasteiger partial charge on any atom is 0.138 e. The van der Waals surface area contributed by atoms with Gasteiger partial charge in [-0.25, -0.2) is 0 Å². The third kappa shape index (κ3) is 3.47. The fraction of sp³-hybridized carbons (Fsp3) is 0.294. The van der Waals surface area contributed by atoms with Crippen LogP contribution in [0.15, 0.2) is 30.3 Å². The van der Waals surface area contributed by atoms with Gasteiger partial charge in [-0.2, -0.15) is 0 Å². The first-order valence-corrected chi connectivity index (χ1v) is 7.46. The smallest absolute Gasteiger partial charge is 0.138 e. The lowest BCUT2D eigenvalue weighted by atomic mass is 10.0. The van der Waals surface area contributed by atoms with Gasteiger partial charge in [-0.15, -0.1) is 11.6 Å². The zero-order chi connectivity index (χ0) is 14.7. The highest BCUT2D eigenvalue weighted by Crippen LogP contribution is 2.28.